The second kappa shape index (κ2) is 29.5. The van der Waals surface area contributed by atoms with Crippen LogP contribution in [0.3, 0.4) is 0 Å². The lowest BCUT2D eigenvalue weighted by atomic mass is 9.70. The molecule has 0 saturated heterocycles. The van der Waals surface area contributed by atoms with Gasteiger partial charge < -0.3 is 4.90 Å². The van der Waals surface area contributed by atoms with E-state index in [1.807, 2.05) is 66.7 Å². The number of carbonyl (C=O) groups excluding carboxylic acids is 2. The molecule has 6 nitrogen and oxygen atoms in total. The summed E-state index contributed by atoms with van der Waals surface area (Å²) in [5.74, 6) is 1.88. The number of anilines is 3. The summed E-state index contributed by atoms with van der Waals surface area (Å²) in [6.07, 6.45) is 27.7. The Morgan fingerprint density at radius 2 is 0.790 bits per heavy atom. The Morgan fingerprint density at radius 3 is 1.31 bits per heavy atom. The Balaban J connectivity index is 1.03. The molecular weight excluding hydrogens is 989 g/mol. The Morgan fingerprint density at radius 1 is 0.383 bits per heavy atom. The molecule has 1 aromatic heterocycles. The fourth-order valence-electron chi connectivity index (χ4n) is 12.5. The number of unbranched alkanes of at least 4 members (excludes halogenated alkanes) is 16. The summed E-state index contributed by atoms with van der Waals surface area (Å²) in [5, 5.41) is 9.82. The molecule has 8 aromatic rings. The van der Waals surface area contributed by atoms with Gasteiger partial charge in [-0.15, -0.1) is 10.2 Å². The summed E-state index contributed by atoms with van der Waals surface area (Å²) in [4.78, 5) is 28.8. The maximum absolute atomic E-state index is 13.3. The Hall–Kier alpha value is -7.18. The second-order valence-electron chi connectivity index (χ2n) is 23.0. The molecule has 0 spiro atoms. The molecule has 0 saturated carbocycles. The lowest BCUT2D eigenvalue weighted by Crippen LogP contribution is -2.25. The molecule has 1 aliphatic rings. The van der Waals surface area contributed by atoms with Gasteiger partial charge in [0.1, 0.15) is 0 Å². The molecule has 1 heterocycles. The zero-order chi connectivity index (χ0) is 56.2. The average molecular weight is 1080 g/mol. The van der Waals surface area contributed by atoms with E-state index < -0.39 is 0 Å². The maximum atomic E-state index is 13.3. The van der Waals surface area contributed by atoms with Crippen LogP contribution >= 0.6 is 0 Å². The molecule has 7 aromatic carbocycles. The van der Waals surface area contributed by atoms with Crippen LogP contribution in [0.25, 0.3) is 50.7 Å². The zero-order valence-electron chi connectivity index (χ0n) is 49.2. The predicted octanol–water partition coefficient (Wildman–Crippen LogP) is 21.8. The van der Waals surface area contributed by atoms with Crippen LogP contribution in [0.5, 0.6) is 0 Å². The number of hydrogen-bond donors (Lipinski definition) is 0. The summed E-state index contributed by atoms with van der Waals surface area (Å²) in [7, 11) is 0. The van der Waals surface area contributed by atoms with E-state index >= 15 is 0 Å². The lowest BCUT2D eigenvalue weighted by Gasteiger charge is -2.33. The van der Waals surface area contributed by atoms with Crippen molar-refractivity contribution >= 4 is 28.6 Å². The van der Waals surface area contributed by atoms with Crippen molar-refractivity contribution in [3.63, 3.8) is 0 Å². The van der Waals surface area contributed by atoms with E-state index in [2.05, 4.69) is 140 Å². The highest BCUT2D eigenvalue weighted by atomic mass is 16.1. The number of hydrogen-bond acceptors (Lipinski definition) is 5. The van der Waals surface area contributed by atoms with Crippen molar-refractivity contribution in [2.75, 3.05) is 4.90 Å². The molecule has 0 radical (unpaired) electrons. The molecule has 81 heavy (non-hydrogen) atoms. The minimum Gasteiger partial charge on any atom is -0.311 e. The summed E-state index contributed by atoms with van der Waals surface area (Å²) in [6.45, 7) is 9.00. The van der Waals surface area contributed by atoms with Gasteiger partial charge in [0.05, 0.1) is 0 Å². The Labute approximate surface area is 485 Å². The van der Waals surface area contributed by atoms with E-state index in [0.717, 1.165) is 108 Å². The van der Waals surface area contributed by atoms with E-state index in [1.54, 1.807) is 0 Å². The van der Waals surface area contributed by atoms with Crippen molar-refractivity contribution in [3.05, 3.63) is 192 Å². The van der Waals surface area contributed by atoms with Gasteiger partial charge in [-0.1, -0.05) is 234 Å². The molecule has 0 N–H and O–H groups in total. The molecule has 0 aliphatic heterocycles. The Kier molecular flexibility index (Phi) is 21.3. The van der Waals surface area contributed by atoms with Gasteiger partial charge in [0.15, 0.2) is 23.2 Å². The zero-order valence-corrected chi connectivity index (χ0v) is 49.2. The standard InChI is InChI=1S/C75H88N4O2/c1-5-9-13-17-19-28-54-75(55-29-20-18-14-10-6-2)69-33-27-26-32-67(69)68-53-44-62(56-70(68)75)57-36-38-61(39-37-57)74-77-76-73(60-30-22-21-23-31-60)79(74)66-51-49-65(50-52-66)78(63-45-40-58(41-46-63)71(80)34-24-15-11-7-3)64-47-42-59(43-48-64)72(81)35-25-16-12-8-4/h21-23,26-27,30-33,36-53,56H,5-20,24-25,28-29,34-35,54-55H2,1-4H3. The van der Waals surface area contributed by atoms with Gasteiger partial charge in [-0.3, -0.25) is 14.2 Å². The van der Waals surface area contributed by atoms with Gasteiger partial charge >= 0.3 is 0 Å². The number of nitrogens with zero attached hydrogens (tertiary/aromatic N) is 4. The van der Waals surface area contributed by atoms with Crippen molar-refractivity contribution in [1.29, 1.82) is 0 Å². The van der Waals surface area contributed by atoms with Crippen molar-refractivity contribution in [2.24, 2.45) is 0 Å². The first-order valence-electron chi connectivity index (χ1n) is 31.4. The van der Waals surface area contributed by atoms with Crippen LogP contribution < -0.4 is 4.90 Å². The Bertz CT molecular complexity index is 3140. The highest BCUT2D eigenvalue weighted by Crippen LogP contribution is 2.55. The monoisotopic (exact) mass is 1080 g/mol. The van der Waals surface area contributed by atoms with Crippen LogP contribution in [0.1, 0.15) is 214 Å². The topological polar surface area (TPSA) is 68.1 Å². The van der Waals surface area contributed by atoms with E-state index in [4.69, 9.17) is 10.2 Å². The van der Waals surface area contributed by atoms with Gasteiger partial charge in [0, 0.05) is 63.3 Å². The highest BCUT2D eigenvalue weighted by molar-refractivity contribution is 5.97. The summed E-state index contributed by atoms with van der Waals surface area (Å²) in [6, 6.07) is 60.4. The first-order chi connectivity index (χ1) is 39.9. The number of ketones is 2. The lowest BCUT2D eigenvalue weighted by molar-refractivity contribution is 0.0971. The highest BCUT2D eigenvalue weighted by Gasteiger charge is 2.42. The third-order valence-electron chi connectivity index (χ3n) is 17.1. The molecular formula is C75H88N4O2. The minimum absolute atomic E-state index is 0.0187. The SMILES string of the molecule is CCCCCCCCC1(CCCCCCCC)c2ccccc2-c2ccc(-c3ccc(-c4nnc(-c5ccccc5)n4-c4ccc(N(c5ccc(C(=O)CCCCCC)cc5)c5ccc(C(=O)CCCCCC)cc5)cc4)cc3)cc21. The number of aromatic nitrogens is 3. The van der Waals surface area contributed by atoms with Gasteiger partial charge in [-0.2, -0.15) is 0 Å². The minimum atomic E-state index is 0.0187. The van der Waals surface area contributed by atoms with Crippen molar-refractivity contribution in [3.8, 4) is 50.7 Å². The van der Waals surface area contributed by atoms with E-state index in [1.165, 1.54) is 123 Å². The predicted molar refractivity (Wildman–Crippen MR) is 341 cm³/mol. The van der Waals surface area contributed by atoms with Crippen LogP contribution in [0.4, 0.5) is 17.1 Å². The maximum Gasteiger partial charge on any atom is 0.168 e. The molecule has 9 rings (SSSR count). The number of rotatable bonds is 33. The smallest absolute Gasteiger partial charge is 0.168 e. The van der Waals surface area contributed by atoms with Crippen molar-refractivity contribution < 1.29 is 9.59 Å². The summed E-state index contributed by atoms with van der Waals surface area (Å²) < 4.78 is 2.17. The van der Waals surface area contributed by atoms with Gasteiger partial charge in [0.2, 0.25) is 0 Å². The largest absolute Gasteiger partial charge is 0.311 e. The fraction of sp³-hybridized carbons (Fsp3) is 0.387. The van der Waals surface area contributed by atoms with Crippen LogP contribution in [0.15, 0.2) is 170 Å². The van der Waals surface area contributed by atoms with Crippen LogP contribution in [0.2, 0.25) is 0 Å². The first kappa shape index (κ1) is 58.5. The molecule has 1 aliphatic carbocycles. The number of fused-ring (bicyclic) bond motifs is 3. The van der Waals surface area contributed by atoms with E-state index in [9.17, 15) is 9.59 Å². The quantitative estimate of drug-likeness (QED) is 0.0303. The summed E-state index contributed by atoms with van der Waals surface area (Å²) >= 11 is 0. The van der Waals surface area contributed by atoms with Gasteiger partial charge in [0.25, 0.3) is 0 Å². The molecule has 0 amide bonds. The van der Waals surface area contributed by atoms with Crippen LogP contribution in [-0.4, -0.2) is 26.3 Å². The fourth-order valence-corrected chi connectivity index (χ4v) is 12.5. The number of carbonyl (C=O) groups is 2. The summed E-state index contributed by atoms with van der Waals surface area (Å²) in [5.41, 5.74) is 15.5. The van der Waals surface area contributed by atoms with Gasteiger partial charge in [-0.25, -0.2) is 0 Å². The van der Waals surface area contributed by atoms with Crippen LogP contribution in [0, 0.1) is 0 Å². The third kappa shape index (κ3) is 14.3. The molecule has 6 heteroatoms. The second-order valence-corrected chi connectivity index (χ2v) is 23.0. The molecule has 0 atom stereocenters. The number of Topliss-reactive ketones (excluding diaryl/α,β-unsaturated/α-hetero) is 2. The normalized spacial score (nSPS) is 12.3. The molecule has 0 fully saturated rings. The third-order valence-corrected chi connectivity index (χ3v) is 17.1. The average Bonchev–Trinajstić information content (AvgIpc) is 4.25. The number of benzene rings is 7. The van der Waals surface area contributed by atoms with Crippen molar-refractivity contribution in [2.45, 2.75) is 187 Å². The van der Waals surface area contributed by atoms with Gasteiger partial charge in [-0.05, 0) is 138 Å². The van der Waals surface area contributed by atoms with E-state index in [0.29, 0.717) is 12.8 Å². The van der Waals surface area contributed by atoms with Crippen LogP contribution in [-0.2, 0) is 5.41 Å². The first-order valence-corrected chi connectivity index (χ1v) is 31.4. The molecule has 0 bridgehead atoms. The van der Waals surface area contributed by atoms with E-state index in [-0.39, 0.29) is 17.0 Å². The molecule has 420 valence electrons. The van der Waals surface area contributed by atoms with Crippen molar-refractivity contribution in [1.82, 2.24) is 14.8 Å². The molecule has 0 unspecified atom stereocenters.